The monoisotopic (exact) mass is 352 g/mol. The molecule has 0 amide bonds. The molecule has 0 atom stereocenters. The molecule has 6 nitrogen and oxygen atoms in total. The highest BCUT2D eigenvalue weighted by atomic mass is 16.5. The second kappa shape index (κ2) is 7.23. The minimum absolute atomic E-state index is 0.157. The first kappa shape index (κ1) is 17.4. The smallest absolute Gasteiger partial charge is 0.337 e. The molecular formula is C20H16O6. The molecule has 0 radical (unpaired) electrons. The molecule has 0 aromatic heterocycles. The second-order valence-electron chi connectivity index (χ2n) is 5.54. The third-order valence-corrected chi connectivity index (χ3v) is 3.79. The molecular weight excluding hydrogens is 336 g/mol. The van der Waals surface area contributed by atoms with E-state index in [2.05, 4.69) is 4.74 Å². The van der Waals surface area contributed by atoms with E-state index >= 15 is 0 Å². The maximum Gasteiger partial charge on any atom is 0.337 e. The van der Waals surface area contributed by atoms with Crippen LogP contribution in [0.1, 0.15) is 39.6 Å². The Kier molecular flexibility index (Phi) is 4.84. The van der Waals surface area contributed by atoms with Crippen LogP contribution in [0, 0.1) is 0 Å². The maximum atomic E-state index is 12.4. The Balaban J connectivity index is 1.81. The van der Waals surface area contributed by atoms with Crippen LogP contribution in [0.2, 0.25) is 0 Å². The molecule has 0 fully saturated rings. The first-order valence-electron chi connectivity index (χ1n) is 7.99. The SMILES string of the molecule is CCC(=O)Oc1ccc2c(c1)O/C(=C\c1ccc(C(=O)OC)cc1)C2=O. The number of benzene rings is 2. The van der Waals surface area contributed by atoms with Crippen molar-refractivity contribution >= 4 is 23.8 Å². The standard InChI is InChI=1S/C20H16O6/c1-3-18(21)25-14-8-9-15-16(11-14)26-17(19(15)22)10-12-4-6-13(7-5-12)20(23)24-2/h4-11H,3H2,1-2H3/b17-10-. The van der Waals surface area contributed by atoms with Crippen LogP contribution in [0.25, 0.3) is 6.08 Å². The van der Waals surface area contributed by atoms with Crippen LogP contribution in [-0.2, 0) is 9.53 Å². The molecule has 1 aliphatic rings. The van der Waals surface area contributed by atoms with E-state index in [9.17, 15) is 14.4 Å². The Morgan fingerprint density at radius 3 is 2.50 bits per heavy atom. The Hall–Kier alpha value is -3.41. The minimum atomic E-state index is -0.432. The number of methoxy groups -OCH3 is 1. The van der Waals surface area contributed by atoms with Crippen LogP contribution >= 0.6 is 0 Å². The van der Waals surface area contributed by atoms with Gasteiger partial charge in [0.25, 0.3) is 0 Å². The first-order chi connectivity index (χ1) is 12.5. The molecule has 2 aromatic rings. The summed E-state index contributed by atoms with van der Waals surface area (Å²) in [6, 6.07) is 11.2. The Bertz CT molecular complexity index is 908. The van der Waals surface area contributed by atoms with E-state index in [1.165, 1.54) is 13.2 Å². The van der Waals surface area contributed by atoms with Gasteiger partial charge in [0.2, 0.25) is 5.78 Å². The molecule has 2 aromatic carbocycles. The summed E-state index contributed by atoms with van der Waals surface area (Å²) in [6.45, 7) is 1.70. The molecule has 1 aliphatic heterocycles. The number of carbonyl (C=O) groups excluding carboxylic acids is 3. The lowest BCUT2D eigenvalue weighted by molar-refractivity contribution is -0.134. The van der Waals surface area contributed by atoms with Gasteiger partial charge in [-0.2, -0.15) is 0 Å². The molecule has 0 saturated heterocycles. The van der Waals surface area contributed by atoms with Gasteiger partial charge in [0.15, 0.2) is 5.76 Å². The van der Waals surface area contributed by atoms with Crippen molar-refractivity contribution < 1.29 is 28.6 Å². The van der Waals surface area contributed by atoms with Gasteiger partial charge in [0.05, 0.1) is 18.2 Å². The summed E-state index contributed by atoms with van der Waals surface area (Å²) < 4.78 is 15.4. The van der Waals surface area contributed by atoms with E-state index in [1.54, 1.807) is 49.4 Å². The highest BCUT2D eigenvalue weighted by Gasteiger charge is 2.28. The van der Waals surface area contributed by atoms with Gasteiger partial charge in [-0.1, -0.05) is 19.1 Å². The number of allylic oxidation sites excluding steroid dienone is 1. The fraction of sp³-hybridized carbons (Fsp3) is 0.150. The van der Waals surface area contributed by atoms with Crippen molar-refractivity contribution in [2.45, 2.75) is 13.3 Å². The van der Waals surface area contributed by atoms with Crippen molar-refractivity contribution in [3.05, 3.63) is 64.9 Å². The third-order valence-electron chi connectivity index (χ3n) is 3.79. The molecule has 0 N–H and O–H groups in total. The Morgan fingerprint density at radius 2 is 1.85 bits per heavy atom. The molecule has 0 saturated carbocycles. The van der Waals surface area contributed by atoms with Crippen LogP contribution < -0.4 is 9.47 Å². The summed E-state index contributed by atoms with van der Waals surface area (Å²) in [5.41, 5.74) is 1.52. The Morgan fingerprint density at radius 1 is 1.12 bits per heavy atom. The van der Waals surface area contributed by atoms with Crippen molar-refractivity contribution in [2.75, 3.05) is 7.11 Å². The number of ether oxygens (including phenoxy) is 3. The summed E-state index contributed by atoms with van der Waals surface area (Å²) in [4.78, 5) is 35.3. The van der Waals surface area contributed by atoms with Crippen LogP contribution in [-0.4, -0.2) is 24.8 Å². The van der Waals surface area contributed by atoms with E-state index in [0.29, 0.717) is 28.2 Å². The van der Waals surface area contributed by atoms with Crippen LogP contribution in [0.4, 0.5) is 0 Å². The topological polar surface area (TPSA) is 78.9 Å². The summed E-state index contributed by atoms with van der Waals surface area (Å²) in [5.74, 6) is -0.231. The van der Waals surface area contributed by atoms with Gasteiger partial charge in [-0.05, 0) is 35.9 Å². The van der Waals surface area contributed by atoms with Gasteiger partial charge >= 0.3 is 11.9 Å². The lowest BCUT2D eigenvalue weighted by atomic mass is 10.1. The molecule has 0 unspecified atom stereocenters. The summed E-state index contributed by atoms with van der Waals surface area (Å²) >= 11 is 0. The molecule has 0 aliphatic carbocycles. The normalized spacial score (nSPS) is 13.9. The number of Topliss-reactive ketones (excluding diaryl/α,β-unsaturated/α-hetero) is 1. The lowest BCUT2D eigenvalue weighted by Crippen LogP contribution is -2.05. The zero-order valence-corrected chi connectivity index (χ0v) is 14.3. The van der Waals surface area contributed by atoms with Crippen molar-refractivity contribution in [1.29, 1.82) is 0 Å². The van der Waals surface area contributed by atoms with E-state index in [4.69, 9.17) is 9.47 Å². The van der Waals surface area contributed by atoms with Crippen molar-refractivity contribution in [1.82, 2.24) is 0 Å². The van der Waals surface area contributed by atoms with Crippen molar-refractivity contribution in [2.24, 2.45) is 0 Å². The van der Waals surface area contributed by atoms with Gasteiger partial charge in [-0.15, -0.1) is 0 Å². The zero-order valence-electron chi connectivity index (χ0n) is 14.3. The average Bonchev–Trinajstić information content (AvgIpc) is 2.96. The molecule has 3 rings (SSSR count). The number of rotatable bonds is 4. The molecule has 0 spiro atoms. The number of hydrogen-bond acceptors (Lipinski definition) is 6. The van der Waals surface area contributed by atoms with E-state index in [1.807, 2.05) is 0 Å². The third kappa shape index (κ3) is 3.49. The zero-order chi connectivity index (χ0) is 18.7. The molecule has 0 bridgehead atoms. The Labute approximate surface area is 150 Å². The predicted octanol–water partition coefficient (Wildman–Crippen LogP) is 3.40. The van der Waals surface area contributed by atoms with E-state index < -0.39 is 5.97 Å². The minimum Gasteiger partial charge on any atom is -0.465 e. The van der Waals surface area contributed by atoms with Crippen LogP contribution in [0.5, 0.6) is 11.5 Å². The molecule has 6 heteroatoms. The fourth-order valence-electron chi connectivity index (χ4n) is 2.42. The van der Waals surface area contributed by atoms with Crippen LogP contribution in [0.3, 0.4) is 0 Å². The van der Waals surface area contributed by atoms with E-state index in [-0.39, 0.29) is 23.9 Å². The predicted molar refractivity (Wildman–Crippen MR) is 93.1 cm³/mol. The second-order valence-corrected chi connectivity index (χ2v) is 5.54. The van der Waals surface area contributed by atoms with Gasteiger partial charge in [0, 0.05) is 12.5 Å². The number of fused-ring (bicyclic) bond motifs is 1. The van der Waals surface area contributed by atoms with Gasteiger partial charge in [-0.25, -0.2) is 4.79 Å². The molecule has 132 valence electrons. The van der Waals surface area contributed by atoms with Crippen molar-refractivity contribution in [3.8, 4) is 11.5 Å². The number of ketones is 1. The largest absolute Gasteiger partial charge is 0.465 e. The van der Waals surface area contributed by atoms with Gasteiger partial charge in [-0.3, -0.25) is 9.59 Å². The highest BCUT2D eigenvalue weighted by molar-refractivity contribution is 6.14. The molecule has 26 heavy (non-hydrogen) atoms. The summed E-state index contributed by atoms with van der Waals surface area (Å²) in [6.07, 6.45) is 1.84. The van der Waals surface area contributed by atoms with Gasteiger partial charge in [0.1, 0.15) is 11.5 Å². The summed E-state index contributed by atoms with van der Waals surface area (Å²) in [5, 5.41) is 0. The van der Waals surface area contributed by atoms with Gasteiger partial charge < -0.3 is 14.2 Å². The average molecular weight is 352 g/mol. The van der Waals surface area contributed by atoms with Crippen LogP contribution in [0.15, 0.2) is 48.2 Å². The number of hydrogen-bond donors (Lipinski definition) is 0. The maximum absolute atomic E-state index is 12.4. The van der Waals surface area contributed by atoms with Crippen molar-refractivity contribution in [3.63, 3.8) is 0 Å². The molecule has 1 heterocycles. The first-order valence-corrected chi connectivity index (χ1v) is 7.99. The van der Waals surface area contributed by atoms with E-state index in [0.717, 1.165) is 0 Å². The highest BCUT2D eigenvalue weighted by Crippen LogP contribution is 2.35. The number of carbonyl (C=O) groups is 3. The quantitative estimate of drug-likeness (QED) is 0.477. The summed E-state index contributed by atoms with van der Waals surface area (Å²) in [7, 11) is 1.31. The number of esters is 2. The lowest BCUT2D eigenvalue weighted by Gasteiger charge is -2.04. The fourth-order valence-corrected chi connectivity index (χ4v) is 2.42.